The molecule has 0 bridgehead atoms. The van der Waals surface area contributed by atoms with E-state index in [2.05, 4.69) is 6.58 Å². The molecule has 0 N–H and O–H groups in total. The summed E-state index contributed by atoms with van der Waals surface area (Å²) < 4.78 is 0. The molecule has 2 aliphatic heterocycles. The number of carbonyl (C=O) groups excluding carboxylic acids is 1. The number of fused-ring (bicyclic) bond motifs is 1. The SMILES string of the molecule is C=C1C=C2SC(C)=CN2C(=O)N1C. The Balaban J connectivity index is 2.43. The summed E-state index contributed by atoms with van der Waals surface area (Å²) in [5.41, 5.74) is 0.742. The molecule has 0 unspecified atom stereocenters. The highest BCUT2D eigenvalue weighted by atomic mass is 32.2. The number of rotatable bonds is 0. The van der Waals surface area contributed by atoms with E-state index in [0.717, 1.165) is 15.6 Å². The van der Waals surface area contributed by atoms with Gasteiger partial charge in [0, 0.05) is 23.8 Å². The zero-order valence-electron chi connectivity index (χ0n) is 7.57. The lowest BCUT2D eigenvalue weighted by molar-refractivity contribution is 0.200. The number of carbonyl (C=O) groups is 1. The van der Waals surface area contributed by atoms with Crippen LogP contribution in [0.1, 0.15) is 6.92 Å². The Kier molecular flexibility index (Phi) is 1.73. The minimum atomic E-state index is -0.0353. The third-order valence-corrected chi connectivity index (χ3v) is 2.98. The van der Waals surface area contributed by atoms with Gasteiger partial charge in [-0.1, -0.05) is 18.3 Å². The van der Waals surface area contributed by atoms with Gasteiger partial charge in [-0.3, -0.25) is 9.80 Å². The Labute approximate surface area is 81.4 Å². The van der Waals surface area contributed by atoms with Gasteiger partial charge in [-0.2, -0.15) is 0 Å². The molecule has 0 atom stereocenters. The molecule has 0 saturated carbocycles. The van der Waals surface area contributed by atoms with E-state index in [-0.39, 0.29) is 6.03 Å². The van der Waals surface area contributed by atoms with E-state index in [1.165, 1.54) is 0 Å². The van der Waals surface area contributed by atoms with Crippen molar-refractivity contribution in [1.82, 2.24) is 9.80 Å². The molecule has 2 rings (SSSR count). The van der Waals surface area contributed by atoms with Gasteiger partial charge in [-0.25, -0.2) is 4.79 Å². The number of urea groups is 1. The lowest BCUT2D eigenvalue weighted by atomic mass is 10.3. The van der Waals surface area contributed by atoms with Crippen molar-refractivity contribution in [3.8, 4) is 0 Å². The van der Waals surface area contributed by atoms with Crippen LogP contribution in [0.15, 0.2) is 34.5 Å². The fraction of sp³-hybridized carbons (Fsp3) is 0.222. The normalized spacial score (nSPS) is 21.7. The van der Waals surface area contributed by atoms with Crippen molar-refractivity contribution in [2.24, 2.45) is 0 Å². The van der Waals surface area contributed by atoms with Crippen LogP contribution >= 0.6 is 11.8 Å². The van der Waals surface area contributed by atoms with Crippen LogP contribution in [0.2, 0.25) is 0 Å². The van der Waals surface area contributed by atoms with Gasteiger partial charge >= 0.3 is 6.03 Å². The Morgan fingerprint density at radius 1 is 1.54 bits per heavy atom. The van der Waals surface area contributed by atoms with Crippen LogP contribution in [0.4, 0.5) is 4.79 Å². The molecule has 0 aliphatic carbocycles. The second-order valence-electron chi connectivity index (χ2n) is 3.03. The molecule has 2 aliphatic rings. The summed E-state index contributed by atoms with van der Waals surface area (Å²) in [5.74, 6) is 0. The minimum absolute atomic E-state index is 0.0353. The van der Waals surface area contributed by atoms with Crippen molar-refractivity contribution < 1.29 is 4.79 Å². The third kappa shape index (κ3) is 1.18. The summed E-state index contributed by atoms with van der Waals surface area (Å²) in [6.45, 7) is 5.78. The van der Waals surface area contributed by atoms with Crippen LogP contribution in [0.25, 0.3) is 0 Å². The minimum Gasteiger partial charge on any atom is -0.297 e. The monoisotopic (exact) mass is 194 g/mol. The molecule has 0 spiro atoms. The number of nitrogens with zero attached hydrogens (tertiary/aromatic N) is 2. The molecule has 0 saturated heterocycles. The average Bonchev–Trinajstić information content (AvgIpc) is 2.42. The molecule has 68 valence electrons. The quantitative estimate of drug-likeness (QED) is 0.591. The average molecular weight is 194 g/mol. The highest BCUT2D eigenvalue weighted by molar-refractivity contribution is 8.06. The maximum Gasteiger partial charge on any atom is 0.333 e. The third-order valence-electron chi connectivity index (χ3n) is 2.03. The lowest BCUT2D eigenvalue weighted by Gasteiger charge is -2.28. The van der Waals surface area contributed by atoms with E-state index in [1.807, 2.05) is 19.2 Å². The number of thioether (sulfide) groups is 1. The van der Waals surface area contributed by atoms with Crippen molar-refractivity contribution in [1.29, 1.82) is 0 Å². The predicted molar refractivity (Wildman–Crippen MR) is 53.6 cm³/mol. The van der Waals surface area contributed by atoms with Crippen LogP contribution < -0.4 is 0 Å². The molecule has 2 heterocycles. The predicted octanol–water partition coefficient (Wildman–Crippen LogP) is 2.32. The van der Waals surface area contributed by atoms with Crippen LogP contribution in [-0.2, 0) is 0 Å². The molecule has 2 amide bonds. The van der Waals surface area contributed by atoms with Gasteiger partial charge in [0.1, 0.15) is 0 Å². The lowest BCUT2D eigenvalue weighted by Crippen LogP contribution is -2.38. The van der Waals surface area contributed by atoms with Crippen molar-refractivity contribution in [3.63, 3.8) is 0 Å². The zero-order chi connectivity index (χ0) is 9.59. The second-order valence-corrected chi connectivity index (χ2v) is 4.29. The first-order valence-electron chi connectivity index (χ1n) is 3.93. The Bertz CT molecular complexity index is 357. The highest BCUT2D eigenvalue weighted by Crippen LogP contribution is 2.39. The number of amides is 2. The van der Waals surface area contributed by atoms with Crippen molar-refractivity contribution in [2.75, 3.05) is 7.05 Å². The van der Waals surface area contributed by atoms with Gasteiger partial charge in [-0.05, 0) is 13.0 Å². The zero-order valence-corrected chi connectivity index (χ0v) is 8.39. The molecule has 3 nitrogen and oxygen atoms in total. The smallest absolute Gasteiger partial charge is 0.297 e. The summed E-state index contributed by atoms with van der Waals surface area (Å²) in [4.78, 5) is 16.0. The van der Waals surface area contributed by atoms with E-state index in [9.17, 15) is 4.79 Å². The fourth-order valence-electron chi connectivity index (χ4n) is 1.26. The topological polar surface area (TPSA) is 23.6 Å². The maximum atomic E-state index is 11.7. The molecule has 0 aromatic heterocycles. The second kappa shape index (κ2) is 2.67. The van der Waals surface area contributed by atoms with E-state index in [0.29, 0.717) is 0 Å². The molecular weight excluding hydrogens is 184 g/mol. The summed E-state index contributed by atoms with van der Waals surface area (Å²) in [7, 11) is 1.73. The fourth-order valence-corrected chi connectivity index (χ4v) is 2.17. The first-order valence-corrected chi connectivity index (χ1v) is 4.75. The summed E-state index contributed by atoms with van der Waals surface area (Å²) in [5, 5.41) is 0.950. The standard InChI is InChI=1S/C9H10N2OS/c1-6-4-8-11(5-7(2)13-8)9(12)10(6)3/h4-5H,1H2,2-3H3. The number of hydrogen-bond donors (Lipinski definition) is 0. The van der Waals surface area contributed by atoms with Gasteiger partial charge in [-0.15, -0.1) is 0 Å². The first kappa shape index (κ1) is 8.44. The Morgan fingerprint density at radius 3 is 2.92 bits per heavy atom. The maximum absolute atomic E-state index is 11.7. The van der Waals surface area contributed by atoms with E-state index < -0.39 is 0 Å². The molecule has 0 fully saturated rings. The number of hydrogen-bond acceptors (Lipinski definition) is 2. The summed E-state index contributed by atoms with van der Waals surface area (Å²) in [6.07, 6.45) is 3.76. The van der Waals surface area contributed by atoms with Crippen LogP contribution in [0.5, 0.6) is 0 Å². The van der Waals surface area contributed by atoms with Gasteiger partial charge < -0.3 is 0 Å². The molecule has 4 heteroatoms. The van der Waals surface area contributed by atoms with E-state index in [4.69, 9.17) is 0 Å². The summed E-state index contributed by atoms with van der Waals surface area (Å²) in [6, 6.07) is -0.0353. The number of likely N-dealkylation sites (N-methyl/N-ethyl adjacent to an activating group) is 1. The Morgan fingerprint density at radius 2 is 2.23 bits per heavy atom. The van der Waals surface area contributed by atoms with Crippen LogP contribution in [0, 0.1) is 0 Å². The van der Waals surface area contributed by atoms with E-state index >= 15 is 0 Å². The van der Waals surface area contributed by atoms with E-state index in [1.54, 1.807) is 28.6 Å². The van der Waals surface area contributed by atoms with Gasteiger partial charge in [0.05, 0.1) is 5.03 Å². The number of allylic oxidation sites excluding steroid dienone is 2. The molecule has 0 radical (unpaired) electrons. The first-order chi connectivity index (χ1) is 6.09. The molecule has 0 aromatic carbocycles. The van der Waals surface area contributed by atoms with Crippen LogP contribution in [-0.4, -0.2) is 22.9 Å². The summed E-state index contributed by atoms with van der Waals surface area (Å²) >= 11 is 1.60. The Hall–Kier alpha value is -1.16. The van der Waals surface area contributed by atoms with Crippen molar-refractivity contribution >= 4 is 17.8 Å². The molecule has 13 heavy (non-hydrogen) atoms. The van der Waals surface area contributed by atoms with Gasteiger partial charge in [0.25, 0.3) is 0 Å². The van der Waals surface area contributed by atoms with Crippen LogP contribution in [0.3, 0.4) is 0 Å². The van der Waals surface area contributed by atoms with Gasteiger partial charge in [0.2, 0.25) is 0 Å². The molecular formula is C9H10N2OS. The van der Waals surface area contributed by atoms with Crippen molar-refractivity contribution in [3.05, 3.63) is 34.5 Å². The van der Waals surface area contributed by atoms with Crippen molar-refractivity contribution in [2.45, 2.75) is 6.92 Å². The highest BCUT2D eigenvalue weighted by Gasteiger charge is 2.30. The molecule has 0 aromatic rings. The van der Waals surface area contributed by atoms with Gasteiger partial charge in [0.15, 0.2) is 0 Å². The largest absolute Gasteiger partial charge is 0.333 e.